The van der Waals surface area contributed by atoms with Crippen molar-refractivity contribution in [2.75, 3.05) is 26.2 Å². The van der Waals surface area contributed by atoms with Gasteiger partial charge >= 0.3 is 0 Å². The van der Waals surface area contributed by atoms with E-state index in [2.05, 4.69) is 36.7 Å². The highest BCUT2D eigenvalue weighted by Gasteiger charge is 2.08. The highest BCUT2D eigenvalue weighted by Crippen LogP contribution is 2.13. The molecule has 1 N–H and O–H groups in total. The Morgan fingerprint density at radius 3 is 2.63 bits per heavy atom. The van der Waals surface area contributed by atoms with Crippen LogP contribution in [0.2, 0.25) is 0 Å². The minimum absolute atomic E-state index is 0.00653. The van der Waals surface area contributed by atoms with E-state index in [1.807, 2.05) is 25.1 Å². The first-order chi connectivity index (χ1) is 9.08. The summed E-state index contributed by atoms with van der Waals surface area (Å²) >= 11 is 4.27. The minimum atomic E-state index is -0.00653. The second-order valence-electron chi connectivity index (χ2n) is 4.64. The zero-order valence-corrected chi connectivity index (χ0v) is 13.0. The molecule has 106 valence electrons. The van der Waals surface area contributed by atoms with Gasteiger partial charge in [-0.1, -0.05) is 19.9 Å². The van der Waals surface area contributed by atoms with Gasteiger partial charge in [-0.3, -0.25) is 4.79 Å². The van der Waals surface area contributed by atoms with Gasteiger partial charge in [-0.2, -0.15) is 0 Å². The summed E-state index contributed by atoms with van der Waals surface area (Å²) in [4.78, 5) is 15.2. The van der Waals surface area contributed by atoms with Crippen molar-refractivity contribution in [2.24, 2.45) is 0 Å². The summed E-state index contributed by atoms with van der Waals surface area (Å²) in [5.41, 5.74) is 1.70. The molecule has 0 bridgehead atoms. The molecule has 0 fully saturated rings. The third-order valence-electron chi connectivity index (χ3n) is 3.30. The maximum Gasteiger partial charge on any atom is 0.251 e. The first kappa shape index (κ1) is 16.1. The van der Waals surface area contributed by atoms with Gasteiger partial charge in [0.05, 0.1) is 0 Å². The molecule has 0 saturated carbocycles. The lowest BCUT2D eigenvalue weighted by Gasteiger charge is -2.17. The van der Waals surface area contributed by atoms with Gasteiger partial charge < -0.3 is 10.2 Å². The van der Waals surface area contributed by atoms with Crippen LogP contribution in [-0.4, -0.2) is 37.0 Å². The first-order valence-electron chi connectivity index (χ1n) is 6.88. The number of amides is 1. The number of nitrogens with zero attached hydrogens (tertiary/aromatic N) is 1. The Morgan fingerprint density at radius 2 is 2.00 bits per heavy atom. The van der Waals surface area contributed by atoms with Crippen molar-refractivity contribution in [1.82, 2.24) is 10.2 Å². The molecule has 0 aromatic heterocycles. The topological polar surface area (TPSA) is 32.3 Å². The predicted octanol–water partition coefficient (Wildman–Crippen LogP) is 2.75. The molecule has 0 spiro atoms. The van der Waals surface area contributed by atoms with Crippen LogP contribution in [-0.2, 0) is 0 Å². The van der Waals surface area contributed by atoms with E-state index in [4.69, 9.17) is 0 Å². The molecule has 0 radical (unpaired) electrons. The average Bonchev–Trinajstić information content (AvgIpc) is 2.41. The van der Waals surface area contributed by atoms with E-state index in [9.17, 15) is 4.79 Å². The normalized spacial score (nSPS) is 10.8. The van der Waals surface area contributed by atoms with Crippen molar-refractivity contribution in [3.8, 4) is 0 Å². The lowest BCUT2D eigenvalue weighted by Crippen LogP contribution is -2.30. The standard InChI is InChI=1S/C15H24N2OS/c1-4-17(5-2)10-6-9-16-15(18)14-11-13(19)8-7-12(14)3/h7-8,11,19H,4-6,9-10H2,1-3H3,(H,16,18). The summed E-state index contributed by atoms with van der Waals surface area (Å²) in [6.07, 6.45) is 0.979. The van der Waals surface area contributed by atoms with Crippen LogP contribution in [0.5, 0.6) is 0 Å². The van der Waals surface area contributed by atoms with E-state index in [-0.39, 0.29) is 5.91 Å². The lowest BCUT2D eigenvalue weighted by atomic mass is 10.1. The minimum Gasteiger partial charge on any atom is -0.352 e. The fourth-order valence-corrected chi connectivity index (χ4v) is 2.20. The second kappa shape index (κ2) is 8.23. The number of aryl methyl sites for hydroxylation is 1. The van der Waals surface area contributed by atoms with E-state index in [1.54, 1.807) is 0 Å². The van der Waals surface area contributed by atoms with Crippen molar-refractivity contribution in [2.45, 2.75) is 32.1 Å². The van der Waals surface area contributed by atoms with E-state index in [0.717, 1.165) is 42.1 Å². The third kappa shape index (κ3) is 5.25. The molecule has 0 aliphatic carbocycles. The Labute approximate surface area is 121 Å². The molecule has 1 aromatic carbocycles. The molecule has 0 heterocycles. The van der Waals surface area contributed by atoms with Crippen LogP contribution in [0.4, 0.5) is 0 Å². The van der Waals surface area contributed by atoms with Crippen LogP contribution in [0, 0.1) is 6.92 Å². The highest BCUT2D eigenvalue weighted by molar-refractivity contribution is 7.80. The number of hydrogen-bond acceptors (Lipinski definition) is 3. The maximum atomic E-state index is 12.0. The van der Waals surface area contributed by atoms with Gasteiger partial charge in [0.25, 0.3) is 5.91 Å². The van der Waals surface area contributed by atoms with Crippen molar-refractivity contribution in [1.29, 1.82) is 0 Å². The van der Waals surface area contributed by atoms with Crippen molar-refractivity contribution < 1.29 is 4.79 Å². The molecule has 0 saturated heterocycles. The summed E-state index contributed by atoms with van der Waals surface area (Å²) in [7, 11) is 0. The van der Waals surface area contributed by atoms with E-state index < -0.39 is 0 Å². The Hall–Kier alpha value is -1.00. The highest BCUT2D eigenvalue weighted by atomic mass is 32.1. The monoisotopic (exact) mass is 280 g/mol. The van der Waals surface area contributed by atoms with Gasteiger partial charge in [-0.15, -0.1) is 12.6 Å². The zero-order valence-electron chi connectivity index (χ0n) is 12.1. The van der Waals surface area contributed by atoms with Crippen molar-refractivity contribution in [3.63, 3.8) is 0 Å². The van der Waals surface area contributed by atoms with Crippen LogP contribution in [0.3, 0.4) is 0 Å². The molecule has 1 amide bonds. The molecule has 4 heteroatoms. The number of carbonyl (C=O) groups excluding carboxylic acids is 1. The Morgan fingerprint density at radius 1 is 1.32 bits per heavy atom. The van der Waals surface area contributed by atoms with Crippen LogP contribution in [0.25, 0.3) is 0 Å². The number of rotatable bonds is 7. The van der Waals surface area contributed by atoms with E-state index in [0.29, 0.717) is 6.54 Å². The molecule has 0 unspecified atom stereocenters. The fourth-order valence-electron chi connectivity index (χ4n) is 1.99. The summed E-state index contributed by atoms with van der Waals surface area (Å²) < 4.78 is 0. The number of thiol groups is 1. The van der Waals surface area contributed by atoms with Gasteiger partial charge in [0, 0.05) is 17.0 Å². The molecule has 3 nitrogen and oxygen atoms in total. The maximum absolute atomic E-state index is 12.0. The summed E-state index contributed by atoms with van der Waals surface area (Å²) in [5.74, 6) is -0.00653. The quantitative estimate of drug-likeness (QED) is 0.594. The average molecular weight is 280 g/mol. The number of nitrogens with one attached hydrogen (secondary N) is 1. The lowest BCUT2D eigenvalue weighted by molar-refractivity contribution is 0.0951. The van der Waals surface area contributed by atoms with E-state index in [1.165, 1.54) is 0 Å². The Bertz CT molecular complexity index is 417. The number of hydrogen-bond donors (Lipinski definition) is 2. The summed E-state index contributed by atoms with van der Waals surface area (Å²) in [5, 5.41) is 2.97. The van der Waals surface area contributed by atoms with Crippen molar-refractivity contribution in [3.05, 3.63) is 29.3 Å². The Kier molecular flexibility index (Phi) is 6.95. The van der Waals surface area contributed by atoms with Crippen molar-refractivity contribution >= 4 is 18.5 Å². The summed E-state index contributed by atoms with van der Waals surface area (Å²) in [6.45, 7) is 10.1. The number of carbonyl (C=O) groups is 1. The second-order valence-corrected chi connectivity index (χ2v) is 5.15. The van der Waals surface area contributed by atoms with Crippen LogP contribution < -0.4 is 5.32 Å². The first-order valence-corrected chi connectivity index (χ1v) is 7.33. The molecule has 1 rings (SSSR count). The fraction of sp³-hybridized carbons (Fsp3) is 0.533. The molecule has 19 heavy (non-hydrogen) atoms. The smallest absolute Gasteiger partial charge is 0.251 e. The molecular formula is C15H24N2OS. The molecule has 0 atom stereocenters. The summed E-state index contributed by atoms with van der Waals surface area (Å²) in [6, 6.07) is 5.64. The van der Waals surface area contributed by atoms with Crippen LogP contribution in [0.1, 0.15) is 36.2 Å². The SMILES string of the molecule is CCN(CC)CCCNC(=O)c1cc(S)ccc1C. The van der Waals surface area contributed by atoms with E-state index >= 15 is 0 Å². The zero-order chi connectivity index (χ0) is 14.3. The Balaban J connectivity index is 2.41. The number of benzene rings is 1. The molecule has 1 aromatic rings. The molecular weight excluding hydrogens is 256 g/mol. The largest absolute Gasteiger partial charge is 0.352 e. The third-order valence-corrected chi connectivity index (χ3v) is 3.58. The van der Waals surface area contributed by atoms with Gasteiger partial charge in [-0.25, -0.2) is 0 Å². The van der Waals surface area contributed by atoms with Gasteiger partial charge in [-0.05, 0) is 50.7 Å². The van der Waals surface area contributed by atoms with Crippen LogP contribution in [0.15, 0.2) is 23.1 Å². The van der Waals surface area contributed by atoms with Gasteiger partial charge in [0.2, 0.25) is 0 Å². The van der Waals surface area contributed by atoms with Crippen LogP contribution >= 0.6 is 12.6 Å². The molecule has 0 aliphatic rings. The molecule has 0 aliphatic heterocycles. The van der Waals surface area contributed by atoms with Gasteiger partial charge in [0.15, 0.2) is 0 Å². The predicted molar refractivity (Wildman–Crippen MR) is 83.2 cm³/mol. The van der Waals surface area contributed by atoms with Gasteiger partial charge in [0.1, 0.15) is 0 Å².